The Morgan fingerprint density at radius 1 is 1.09 bits per heavy atom. The van der Waals surface area contributed by atoms with Crippen LogP contribution in [0.4, 0.5) is 0 Å². The van der Waals surface area contributed by atoms with Crippen LogP contribution >= 0.6 is 23.2 Å². The molecule has 0 fully saturated rings. The van der Waals surface area contributed by atoms with Gasteiger partial charge < -0.3 is 10.2 Å². The highest BCUT2D eigenvalue weighted by molar-refractivity contribution is 6.40. The van der Waals surface area contributed by atoms with Crippen molar-refractivity contribution in [2.45, 2.75) is 26.7 Å². The highest BCUT2D eigenvalue weighted by Crippen LogP contribution is 1.78. The van der Waals surface area contributed by atoms with Crippen LogP contribution in [0.5, 0.6) is 0 Å². The van der Waals surface area contributed by atoms with E-state index in [0.29, 0.717) is 6.61 Å². The Kier molecular flexibility index (Phi) is 50.0. The van der Waals surface area contributed by atoms with Gasteiger partial charge in [0.15, 0.2) is 0 Å². The number of rotatable bonds is 2. The molecule has 0 aliphatic rings. The summed E-state index contributed by atoms with van der Waals surface area (Å²) in [5.41, 5.74) is 0. The number of aliphatic hydroxyl groups excluding tert-OH is 2. The fraction of sp³-hybridized carbons (Fsp3) is 1.00. The van der Waals surface area contributed by atoms with Gasteiger partial charge in [-0.05, 0) is 13.3 Å². The monoisotopic (exact) mass is 204 g/mol. The Morgan fingerprint density at radius 3 is 1.36 bits per heavy atom. The molecule has 0 heterocycles. The minimum absolute atomic E-state index is 0.194. The van der Waals surface area contributed by atoms with Crippen molar-refractivity contribution in [2.75, 3.05) is 18.6 Å². The summed E-state index contributed by atoms with van der Waals surface area (Å²) >= 11 is 9.53. The van der Waals surface area contributed by atoms with E-state index in [9.17, 15) is 0 Å². The number of hydrogen-bond donors (Lipinski definition) is 2. The van der Waals surface area contributed by atoms with Crippen molar-refractivity contribution in [3.05, 3.63) is 0 Å². The Balaban J connectivity index is -0.0000000933. The van der Waals surface area contributed by atoms with Crippen LogP contribution in [0.15, 0.2) is 0 Å². The molecule has 0 aromatic rings. The van der Waals surface area contributed by atoms with Gasteiger partial charge in [0.05, 0.1) is 5.34 Å². The number of hydrogen-bond acceptors (Lipinski definition) is 2. The molecule has 0 saturated heterocycles. The molecule has 0 aromatic carbocycles. The summed E-state index contributed by atoms with van der Waals surface area (Å²) in [5.74, 6) is 0. The predicted octanol–water partition coefficient (Wildman–Crippen LogP) is 2.20. The minimum atomic E-state index is 0.194. The Bertz CT molecular complexity index is 33.6. The van der Waals surface area contributed by atoms with E-state index in [1.807, 2.05) is 0 Å². The minimum Gasteiger partial charge on any atom is -0.397 e. The van der Waals surface area contributed by atoms with Crippen molar-refractivity contribution in [2.24, 2.45) is 0 Å². The molecule has 2 N–H and O–H groups in total. The summed E-state index contributed by atoms with van der Waals surface area (Å²) < 4.78 is 0. The molecule has 4 heteroatoms. The van der Waals surface area contributed by atoms with Gasteiger partial charge in [0, 0.05) is 13.2 Å². The SMILES string of the molecule is CCCCO.CCO.ClCCl. The zero-order chi connectivity index (χ0) is 9.54. The lowest BCUT2D eigenvalue weighted by Crippen LogP contribution is -1.75. The third kappa shape index (κ3) is 121. The maximum Gasteiger partial charge on any atom is 0.0967 e. The number of unbranched alkanes of at least 4 members (excludes halogenated alkanes) is 1. The third-order valence-electron chi connectivity index (χ3n) is 0.512. The number of alkyl halides is 2. The first kappa shape index (κ1) is 17.5. The Morgan fingerprint density at radius 2 is 1.36 bits per heavy atom. The smallest absolute Gasteiger partial charge is 0.0967 e. The molecular weight excluding hydrogens is 187 g/mol. The molecule has 0 unspecified atom stereocenters. The van der Waals surface area contributed by atoms with Gasteiger partial charge in [-0.15, -0.1) is 23.2 Å². The van der Waals surface area contributed by atoms with Crippen molar-refractivity contribution in [3.8, 4) is 0 Å². The molecule has 0 spiro atoms. The molecule has 0 bridgehead atoms. The van der Waals surface area contributed by atoms with E-state index in [1.165, 1.54) is 0 Å². The average molecular weight is 205 g/mol. The first-order chi connectivity index (χ1) is 5.24. The molecule has 0 atom stereocenters. The third-order valence-corrected chi connectivity index (χ3v) is 0.512. The topological polar surface area (TPSA) is 40.5 Å². The maximum absolute atomic E-state index is 8.07. The quantitative estimate of drug-likeness (QED) is 0.678. The normalized spacial score (nSPS) is 7.09. The molecule has 2 nitrogen and oxygen atoms in total. The molecule has 0 amide bonds. The summed E-state index contributed by atoms with van der Waals surface area (Å²) in [4.78, 5) is 0. The second-order valence-electron chi connectivity index (χ2n) is 1.49. The van der Waals surface area contributed by atoms with Gasteiger partial charge in [-0.2, -0.15) is 0 Å². The van der Waals surface area contributed by atoms with Gasteiger partial charge in [0.2, 0.25) is 0 Å². The zero-order valence-electron chi connectivity index (χ0n) is 7.19. The molecule has 72 valence electrons. The van der Waals surface area contributed by atoms with Gasteiger partial charge in [-0.3, -0.25) is 0 Å². The van der Waals surface area contributed by atoms with E-state index in [0.717, 1.165) is 12.8 Å². The summed E-state index contributed by atoms with van der Waals surface area (Å²) in [7, 11) is 0. The van der Waals surface area contributed by atoms with E-state index in [1.54, 1.807) is 6.92 Å². The van der Waals surface area contributed by atoms with Crippen LogP contribution in [0.2, 0.25) is 0 Å². The van der Waals surface area contributed by atoms with E-state index < -0.39 is 0 Å². The summed E-state index contributed by atoms with van der Waals surface area (Å²) in [6, 6.07) is 0. The first-order valence-electron chi connectivity index (χ1n) is 3.58. The fourth-order valence-electron chi connectivity index (χ4n) is 0.158. The van der Waals surface area contributed by atoms with Gasteiger partial charge in [0.1, 0.15) is 0 Å². The van der Waals surface area contributed by atoms with Crippen LogP contribution in [0, 0.1) is 0 Å². The van der Waals surface area contributed by atoms with Gasteiger partial charge >= 0.3 is 0 Å². The van der Waals surface area contributed by atoms with Crippen LogP contribution in [-0.4, -0.2) is 28.8 Å². The highest BCUT2D eigenvalue weighted by Gasteiger charge is 1.69. The van der Waals surface area contributed by atoms with Gasteiger partial charge in [0.25, 0.3) is 0 Å². The molecule has 0 rings (SSSR count). The van der Waals surface area contributed by atoms with Crippen LogP contribution in [-0.2, 0) is 0 Å². The molecular formula is C7H18Cl2O2. The molecule has 0 saturated carbocycles. The first-order valence-corrected chi connectivity index (χ1v) is 4.65. The van der Waals surface area contributed by atoms with E-state index in [-0.39, 0.29) is 11.9 Å². The molecule has 0 radical (unpaired) electrons. The van der Waals surface area contributed by atoms with Crippen LogP contribution in [0.25, 0.3) is 0 Å². The van der Waals surface area contributed by atoms with E-state index in [4.69, 9.17) is 33.4 Å². The fourth-order valence-corrected chi connectivity index (χ4v) is 0.158. The lowest BCUT2D eigenvalue weighted by atomic mass is 10.4. The van der Waals surface area contributed by atoms with Crippen LogP contribution in [0.1, 0.15) is 26.7 Å². The van der Waals surface area contributed by atoms with Crippen molar-refractivity contribution >= 4 is 23.2 Å². The summed E-state index contributed by atoms with van der Waals surface area (Å²) in [5, 5.41) is 15.8. The van der Waals surface area contributed by atoms with Crippen molar-refractivity contribution < 1.29 is 10.2 Å². The van der Waals surface area contributed by atoms with Gasteiger partial charge in [-0.1, -0.05) is 13.3 Å². The second-order valence-corrected chi connectivity index (χ2v) is 2.30. The molecule has 0 aliphatic heterocycles. The molecule has 0 aromatic heterocycles. The van der Waals surface area contributed by atoms with Crippen molar-refractivity contribution in [1.29, 1.82) is 0 Å². The number of halogens is 2. The van der Waals surface area contributed by atoms with E-state index in [2.05, 4.69) is 6.92 Å². The van der Waals surface area contributed by atoms with Crippen molar-refractivity contribution in [1.82, 2.24) is 0 Å². The van der Waals surface area contributed by atoms with Crippen LogP contribution in [0.3, 0.4) is 0 Å². The molecule has 11 heavy (non-hydrogen) atoms. The maximum atomic E-state index is 8.07. The average Bonchev–Trinajstić information content (AvgIpc) is 1.92. The lowest BCUT2D eigenvalue weighted by molar-refractivity contribution is 0.287. The predicted molar refractivity (Wildman–Crippen MR) is 51.3 cm³/mol. The summed E-state index contributed by atoms with van der Waals surface area (Å²) in [6.07, 6.45) is 2.04. The summed E-state index contributed by atoms with van der Waals surface area (Å²) in [6.45, 7) is 4.33. The molecule has 0 aliphatic carbocycles. The Hall–Kier alpha value is 0.500. The standard InChI is InChI=1S/C4H10O.C2H6O.CH2Cl2/c1-2-3-4-5;1-2-3;2-1-3/h5H,2-4H2,1H3;3H,2H2,1H3;1H2. The number of aliphatic hydroxyl groups is 2. The highest BCUT2D eigenvalue weighted by atomic mass is 35.5. The Labute approximate surface area is 79.1 Å². The van der Waals surface area contributed by atoms with Crippen molar-refractivity contribution in [3.63, 3.8) is 0 Å². The lowest BCUT2D eigenvalue weighted by Gasteiger charge is -1.79. The van der Waals surface area contributed by atoms with Crippen LogP contribution < -0.4 is 0 Å². The van der Waals surface area contributed by atoms with Gasteiger partial charge in [-0.25, -0.2) is 0 Å². The zero-order valence-corrected chi connectivity index (χ0v) is 8.70. The second kappa shape index (κ2) is 31.3. The van der Waals surface area contributed by atoms with E-state index >= 15 is 0 Å². The largest absolute Gasteiger partial charge is 0.397 e.